The second-order valence-corrected chi connectivity index (χ2v) is 3.67. The van der Waals surface area contributed by atoms with Crippen LogP contribution in [0.15, 0.2) is 12.4 Å². The summed E-state index contributed by atoms with van der Waals surface area (Å²) in [6.45, 7) is 3.86. The number of pyridine rings is 1. The summed E-state index contributed by atoms with van der Waals surface area (Å²) < 4.78 is 6.47. The molecular formula is C10H10ClN3O2. The van der Waals surface area contributed by atoms with Crippen LogP contribution in [0.1, 0.15) is 22.8 Å². The van der Waals surface area contributed by atoms with Gasteiger partial charge in [0.15, 0.2) is 0 Å². The Bertz CT molecular complexity index is 550. The lowest BCUT2D eigenvalue weighted by atomic mass is 10.1. The molecule has 0 radical (unpaired) electrons. The summed E-state index contributed by atoms with van der Waals surface area (Å²) in [6, 6.07) is 0. The highest BCUT2D eigenvalue weighted by molar-refractivity contribution is 6.33. The molecule has 2 rings (SSSR count). The zero-order valence-corrected chi connectivity index (χ0v) is 9.65. The van der Waals surface area contributed by atoms with E-state index in [9.17, 15) is 4.79 Å². The van der Waals surface area contributed by atoms with Crippen LogP contribution in [-0.4, -0.2) is 27.4 Å². The summed E-state index contributed by atoms with van der Waals surface area (Å²) in [6.07, 6.45) is 3.12. The minimum absolute atomic E-state index is 0.314. The number of fused-ring (bicyclic) bond motifs is 1. The third kappa shape index (κ3) is 1.63. The van der Waals surface area contributed by atoms with Crippen molar-refractivity contribution >= 4 is 23.1 Å². The molecule has 6 heteroatoms. The van der Waals surface area contributed by atoms with Gasteiger partial charge in [0.25, 0.3) is 0 Å². The number of aryl methyl sites for hydroxylation is 1. The predicted molar refractivity (Wildman–Crippen MR) is 58.7 cm³/mol. The van der Waals surface area contributed by atoms with Crippen LogP contribution in [0.5, 0.6) is 0 Å². The number of hydrogen-bond donors (Lipinski definition) is 0. The summed E-state index contributed by atoms with van der Waals surface area (Å²) >= 11 is 6.01. The molecule has 0 N–H and O–H groups in total. The van der Waals surface area contributed by atoms with Crippen LogP contribution in [0.4, 0.5) is 0 Å². The van der Waals surface area contributed by atoms with Gasteiger partial charge in [-0.15, -0.1) is 5.10 Å². The van der Waals surface area contributed by atoms with E-state index < -0.39 is 5.97 Å². The van der Waals surface area contributed by atoms with E-state index in [-0.39, 0.29) is 0 Å². The van der Waals surface area contributed by atoms with E-state index in [1.165, 1.54) is 4.52 Å². The second-order valence-electron chi connectivity index (χ2n) is 3.26. The van der Waals surface area contributed by atoms with Gasteiger partial charge in [-0.3, -0.25) is 0 Å². The van der Waals surface area contributed by atoms with Gasteiger partial charge < -0.3 is 4.74 Å². The van der Waals surface area contributed by atoms with E-state index in [1.54, 1.807) is 26.2 Å². The molecule has 2 aromatic rings. The van der Waals surface area contributed by atoms with Gasteiger partial charge in [0.2, 0.25) is 0 Å². The Kier molecular flexibility index (Phi) is 2.78. The number of ether oxygens (including phenoxy) is 1. The zero-order valence-electron chi connectivity index (χ0n) is 8.90. The normalized spacial score (nSPS) is 10.7. The maximum absolute atomic E-state index is 11.7. The molecule has 0 saturated carbocycles. The monoisotopic (exact) mass is 239 g/mol. The lowest BCUT2D eigenvalue weighted by Crippen LogP contribution is -2.09. The molecule has 5 nitrogen and oxygen atoms in total. The fourth-order valence-electron chi connectivity index (χ4n) is 1.54. The first-order valence-electron chi connectivity index (χ1n) is 4.81. The zero-order chi connectivity index (χ0) is 11.7. The van der Waals surface area contributed by atoms with E-state index in [4.69, 9.17) is 16.3 Å². The highest BCUT2D eigenvalue weighted by Crippen LogP contribution is 2.23. The second kappa shape index (κ2) is 4.09. The molecule has 2 heterocycles. The smallest absolute Gasteiger partial charge is 0.340 e. The van der Waals surface area contributed by atoms with Crippen molar-refractivity contribution in [1.29, 1.82) is 0 Å². The molecule has 0 fully saturated rings. The van der Waals surface area contributed by atoms with E-state index in [1.807, 2.05) is 0 Å². The molecule has 84 valence electrons. The fourth-order valence-corrected chi connectivity index (χ4v) is 1.85. The SMILES string of the molecule is CCOC(=O)c1c(Cl)cn2nncc2c1C. The largest absolute Gasteiger partial charge is 0.462 e. The quantitative estimate of drug-likeness (QED) is 0.751. The van der Waals surface area contributed by atoms with Crippen molar-refractivity contribution in [3.63, 3.8) is 0 Å². The van der Waals surface area contributed by atoms with Gasteiger partial charge in [0.05, 0.1) is 35.1 Å². The summed E-state index contributed by atoms with van der Waals surface area (Å²) in [7, 11) is 0. The van der Waals surface area contributed by atoms with E-state index in [0.717, 1.165) is 11.1 Å². The number of halogens is 1. The molecule has 0 aliphatic heterocycles. The van der Waals surface area contributed by atoms with E-state index in [0.29, 0.717) is 17.2 Å². The van der Waals surface area contributed by atoms with Gasteiger partial charge in [-0.05, 0) is 19.4 Å². The molecule has 0 saturated heterocycles. The molecule has 0 aliphatic rings. The average molecular weight is 240 g/mol. The summed E-state index contributed by atoms with van der Waals surface area (Å²) in [5, 5.41) is 7.88. The highest BCUT2D eigenvalue weighted by Gasteiger charge is 2.18. The summed E-state index contributed by atoms with van der Waals surface area (Å²) in [5.74, 6) is -0.423. The Hall–Kier alpha value is -1.62. The number of rotatable bonds is 2. The first-order valence-corrected chi connectivity index (χ1v) is 5.19. The van der Waals surface area contributed by atoms with Crippen LogP contribution in [-0.2, 0) is 4.74 Å². The van der Waals surface area contributed by atoms with Gasteiger partial charge in [-0.2, -0.15) is 0 Å². The first kappa shape index (κ1) is 10.9. The number of aromatic nitrogens is 3. The maximum atomic E-state index is 11.7. The average Bonchev–Trinajstić information content (AvgIpc) is 2.66. The van der Waals surface area contributed by atoms with Crippen molar-refractivity contribution in [1.82, 2.24) is 14.8 Å². The Morgan fingerprint density at radius 2 is 2.38 bits per heavy atom. The van der Waals surface area contributed by atoms with Crippen LogP contribution in [0.25, 0.3) is 5.52 Å². The molecule has 0 atom stereocenters. The van der Waals surface area contributed by atoms with Crippen LogP contribution >= 0.6 is 11.6 Å². The predicted octanol–water partition coefficient (Wildman–Crippen LogP) is 1.87. The van der Waals surface area contributed by atoms with E-state index >= 15 is 0 Å². The third-order valence-electron chi connectivity index (χ3n) is 2.29. The third-order valence-corrected chi connectivity index (χ3v) is 2.57. The summed E-state index contributed by atoms with van der Waals surface area (Å²) in [5.41, 5.74) is 1.83. The molecule has 0 unspecified atom stereocenters. The fraction of sp³-hybridized carbons (Fsp3) is 0.300. The first-order chi connectivity index (χ1) is 7.65. The molecule has 16 heavy (non-hydrogen) atoms. The number of carbonyl (C=O) groups is 1. The van der Waals surface area contributed by atoms with Gasteiger partial charge >= 0.3 is 5.97 Å². The molecular weight excluding hydrogens is 230 g/mol. The number of nitrogens with zero attached hydrogens (tertiary/aromatic N) is 3. The van der Waals surface area contributed by atoms with Crippen LogP contribution in [0.2, 0.25) is 5.02 Å². The van der Waals surface area contributed by atoms with E-state index in [2.05, 4.69) is 10.3 Å². The summed E-state index contributed by atoms with van der Waals surface area (Å²) in [4.78, 5) is 11.7. The molecule has 2 aromatic heterocycles. The van der Waals surface area contributed by atoms with Crippen molar-refractivity contribution in [2.24, 2.45) is 0 Å². The Morgan fingerprint density at radius 1 is 1.62 bits per heavy atom. The van der Waals surface area contributed by atoms with Crippen LogP contribution < -0.4 is 0 Å². The molecule has 0 amide bonds. The Labute approximate surface area is 97.0 Å². The molecule has 0 aliphatic carbocycles. The Morgan fingerprint density at radius 3 is 3.06 bits per heavy atom. The van der Waals surface area contributed by atoms with Gasteiger partial charge in [-0.25, -0.2) is 9.31 Å². The Balaban J connectivity index is 2.63. The van der Waals surface area contributed by atoms with Gasteiger partial charge in [0.1, 0.15) is 0 Å². The van der Waals surface area contributed by atoms with Gasteiger partial charge in [0, 0.05) is 0 Å². The van der Waals surface area contributed by atoms with Gasteiger partial charge in [-0.1, -0.05) is 16.8 Å². The lowest BCUT2D eigenvalue weighted by molar-refractivity contribution is 0.0526. The van der Waals surface area contributed by atoms with Crippen LogP contribution in [0, 0.1) is 6.92 Å². The van der Waals surface area contributed by atoms with Crippen molar-refractivity contribution in [2.75, 3.05) is 6.61 Å². The number of esters is 1. The molecule has 0 bridgehead atoms. The topological polar surface area (TPSA) is 56.5 Å². The van der Waals surface area contributed by atoms with Crippen molar-refractivity contribution in [2.45, 2.75) is 13.8 Å². The maximum Gasteiger partial charge on any atom is 0.340 e. The van der Waals surface area contributed by atoms with Crippen LogP contribution in [0.3, 0.4) is 0 Å². The standard InChI is InChI=1S/C10H10ClN3O2/c1-3-16-10(15)9-6(2)8-4-12-13-14(8)5-7(9)11/h4-5H,3H2,1-2H3. The highest BCUT2D eigenvalue weighted by atomic mass is 35.5. The number of carbonyl (C=O) groups excluding carboxylic acids is 1. The lowest BCUT2D eigenvalue weighted by Gasteiger charge is -2.08. The molecule has 0 spiro atoms. The molecule has 0 aromatic carbocycles. The minimum atomic E-state index is -0.423. The van der Waals surface area contributed by atoms with Crippen molar-refractivity contribution in [3.8, 4) is 0 Å². The minimum Gasteiger partial charge on any atom is -0.462 e. The number of hydrogen-bond acceptors (Lipinski definition) is 4. The van der Waals surface area contributed by atoms with Crippen molar-refractivity contribution < 1.29 is 9.53 Å². The van der Waals surface area contributed by atoms with Crippen molar-refractivity contribution in [3.05, 3.63) is 28.5 Å².